The largest absolute Gasteiger partial charge is 0.503 e. The molecule has 7 heteroatoms. The number of aliphatic hydroxyl groups excluding tert-OH is 2. The van der Waals surface area contributed by atoms with Crippen molar-refractivity contribution < 1.29 is 29.5 Å². The van der Waals surface area contributed by atoms with Gasteiger partial charge in [-0.1, -0.05) is 23.7 Å². The average molecular weight is 423 g/mol. The molecule has 6 nitrogen and oxygen atoms in total. The average Bonchev–Trinajstić information content (AvgIpc) is 2.72. The number of aliphatic hydroxyl groups is 2. The summed E-state index contributed by atoms with van der Waals surface area (Å²) in [4.78, 5) is 0. The minimum absolute atomic E-state index is 0.156. The Balaban J connectivity index is 1.94. The Kier molecular flexibility index (Phi) is 7.24. The monoisotopic (exact) mass is 422 g/mol. The van der Waals surface area contributed by atoms with Crippen molar-refractivity contribution in [3.05, 3.63) is 52.0 Å². The van der Waals surface area contributed by atoms with E-state index in [1.165, 1.54) is 7.11 Å². The second-order valence-corrected chi connectivity index (χ2v) is 7.51. The molecule has 3 unspecified atom stereocenters. The number of ether oxygens (including phenoxy) is 3. The molecule has 0 radical (unpaired) electrons. The number of phenolic OH excluding ortho intramolecular Hbond substituents is 1. The predicted octanol–water partition coefficient (Wildman–Crippen LogP) is 3.62. The van der Waals surface area contributed by atoms with E-state index in [2.05, 4.69) is 0 Å². The van der Waals surface area contributed by atoms with Crippen LogP contribution in [0.25, 0.3) is 0 Å². The van der Waals surface area contributed by atoms with Gasteiger partial charge in [-0.25, -0.2) is 0 Å². The maximum atomic E-state index is 10.6. The van der Waals surface area contributed by atoms with Gasteiger partial charge < -0.3 is 29.5 Å². The molecule has 3 atom stereocenters. The summed E-state index contributed by atoms with van der Waals surface area (Å²) in [6, 6.07) is 9.53. The summed E-state index contributed by atoms with van der Waals surface area (Å²) in [5, 5.41) is 30.5. The number of phenols is 1. The molecule has 1 saturated heterocycles. The number of aromatic hydroxyl groups is 1. The minimum Gasteiger partial charge on any atom is -0.503 e. The number of benzene rings is 2. The van der Waals surface area contributed by atoms with E-state index in [0.29, 0.717) is 37.0 Å². The number of rotatable bonds is 7. The minimum atomic E-state index is -0.608. The van der Waals surface area contributed by atoms with E-state index < -0.39 is 18.3 Å². The fourth-order valence-corrected chi connectivity index (χ4v) is 3.89. The van der Waals surface area contributed by atoms with E-state index in [1.807, 2.05) is 37.3 Å². The fourth-order valence-electron chi connectivity index (χ4n) is 3.69. The lowest BCUT2D eigenvalue weighted by Crippen LogP contribution is -2.33. The molecule has 158 valence electrons. The van der Waals surface area contributed by atoms with Crippen LogP contribution in [0.4, 0.5) is 0 Å². The van der Waals surface area contributed by atoms with Crippen LogP contribution in [-0.2, 0) is 11.2 Å². The Morgan fingerprint density at radius 2 is 1.93 bits per heavy atom. The summed E-state index contributed by atoms with van der Waals surface area (Å²) in [5.74, 6) is 0.860. The van der Waals surface area contributed by atoms with Crippen LogP contribution in [0, 0.1) is 0 Å². The Morgan fingerprint density at radius 1 is 1.21 bits per heavy atom. The van der Waals surface area contributed by atoms with Crippen LogP contribution in [0.2, 0.25) is 5.02 Å². The van der Waals surface area contributed by atoms with Gasteiger partial charge in [-0.3, -0.25) is 0 Å². The lowest BCUT2D eigenvalue weighted by atomic mass is 9.93. The third-order valence-electron chi connectivity index (χ3n) is 5.06. The summed E-state index contributed by atoms with van der Waals surface area (Å²) in [7, 11) is 1.45. The standard InChI is InChI=1S/C22H27ClO6/c1-3-28-16-6-4-13(5-7-16)8-14-9-18(22(27-2)21(26)20(14)23)19-11-15(25)10-17(12-24)29-19/h4-7,9,15,17,19,24-26H,3,8,10-12H2,1-2H3. The van der Waals surface area contributed by atoms with E-state index in [4.69, 9.17) is 25.8 Å². The Hall–Kier alpha value is -1.99. The molecule has 2 aromatic rings. The molecular weight excluding hydrogens is 396 g/mol. The van der Waals surface area contributed by atoms with Gasteiger partial charge in [0.15, 0.2) is 11.5 Å². The topological polar surface area (TPSA) is 88.4 Å². The smallest absolute Gasteiger partial charge is 0.177 e. The maximum Gasteiger partial charge on any atom is 0.177 e. The van der Waals surface area contributed by atoms with E-state index in [9.17, 15) is 15.3 Å². The first-order chi connectivity index (χ1) is 14.0. The van der Waals surface area contributed by atoms with Crippen LogP contribution >= 0.6 is 11.6 Å². The van der Waals surface area contributed by atoms with Gasteiger partial charge in [-0.2, -0.15) is 0 Å². The van der Waals surface area contributed by atoms with Crippen LogP contribution in [0.3, 0.4) is 0 Å². The van der Waals surface area contributed by atoms with Crippen LogP contribution in [0.1, 0.15) is 42.6 Å². The molecule has 0 saturated carbocycles. The zero-order valence-corrected chi connectivity index (χ0v) is 17.4. The molecule has 0 aromatic heterocycles. The van der Waals surface area contributed by atoms with Gasteiger partial charge in [0.05, 0.1) is 43.7 Å². The summed E-state index contributed by atoms with van der Waals surface area (Å²) in [6.45, 7) is 2.35. The van der Waals surface area contributed by atoms with E-state index in [1.54, 1.807) is 0 Å². The van der Waals surface area contributed by atoms with Crippen LogP contribution in [0.15, 0.2) is 30.3 Å². The number of halogens is 1. The lowest BCUT2D eigenvalue weighted by Gasteiger charge is -2.33. The number of hydrogen-bond donors (Lipinski definition) is 3. The second kappa shape index (κ2) is 9.67. The highest BCUT2D eigenvalue weighted by Crippen LogP contribution is 2.46. The van der Waals surface area contributed by atoms with E-state index in [0.717, 1.165) is 11.3 Å². The summed E-state index contributed by atoms with van der Waals surface area (Å²) in [6.07, 6.45) is -0.393. The van der Waals surface area contributed by atoms with Gasteiger partial charge in [-0.15, -0.1) is 0 Å². The maximum absolute atomic E-state index is 10.6. The molecule has 0 amide bonds. The molecule has 2 aromatic carbocycles. The predicted molar refractivity (Wildman–Crippen MR) is 110 cm³/mol. The molecule has 1 aliphatic rings. The third kappa shape index (κ3) is 4.95. The van der Waals surface area contributed by atoms with Crippen molar-refractivity contribution in [1.82, 2.24) is 0 Å². The van der Waals surface area contributed by atoms with Crippen molar-refractivity contribution in [2.45, 2.75) is 44.5 Å². The molecule has 29 heavy (non-hydrogen) atoms. The first kappa shape index (κ1) is 21.7. The number of methoxy groups -OCH3 is 1. The molecule has 1 aliphatic heterocycles. The molecule has 3 rings (SSSR count). The number of hydrogen-bond acceptors (Lipinski definition) is 6. The van der Waals surface area contributed by atoms with Gasteiger partial charge in [0.1, 0.15) is 5.75 Å². The van der Waals surface area contributed by atoms with E-state index >= 15 is 0 Å². The summed E-state index contributed by atoms with van der Waals surface area (Å²) in [5.41, 5.74) is 2.32. The third-order valence-corrected chi connectivity index (χ3v) is 5.48. The first-order valence-corrected chi connectivity index (χ1v) is 10.1. The highest BCUT2D eigenvalue weighted by molar-refractivity contribution is 6.33. The van der Waals surface area contributed by atoms with Crippen molar-refractivity contribution >= 4 is 11.6 Å². The molecule has 1 fully saturated rings. The van der Waals surface area contributed by atoms with Crippen molar-refractivity contribution in [2.24, 2.45) is 0 Å². The van der Waals surface area contributed by atoms with Crippen LogP contribution in [0.5, 0.6) is 17.2 Å². The highest BCUT2D eigenvalue weighted by Gasteiger charge is 2.32. The van der Waals surface area contributed by atoms with Gasteiger partial charge in [-0.05, 0) is 42.7 Å². The van der Waals surface area contributed by atoms with Crippen LogP contribution < -0.4 is 9.47 Å². The van der Waals surface area contributed by atoms with Crippen LogP contribution in [-0.4, -0.2) is 47.9 Å². The van der Waals surface area contributed by atoms with Gasteiger partial charge in [0.25, 0.3) is 0 Å². The molecule has 0 spiro atoms. The molecule has 0 bridgehead atoms. The Bertz CT molecular complexity index is 823. The second-order valence-electron chi connectivity index (χ2n) is 7.13. The van der Waals surface area contributed by atoms with Gasteiger partial charge in [0.2, 0.25) is 0 Å². The Labute approximate surface area is 175 Å². The molecular formula is C22H27ClO6. The lowest BCUT2D eigenvalue weighted by molar-refractivity contribution is -0.114. The fraction of sp³-hybridized carbons (Fsp3) is 0.455. The zero-order valence-electron chi connectivity index (χ0n) is 16.6. The zero-order chi connectivity index (χ0) is 21.0. The summed E-state index contributed by atoms with van der Waals surface area (Å²) < 4.78 is 16.8. The highest BCUT2D eigenvalue weighted by atomic mass is 35.5. The Morgan fingerprint density at radius 3 is 2.55 bits per heavy atom. The molecule has 0 aliphatic carbocycles. The molecule has 1 heterocycles. The van der Waals surface area contributed by atoms with E-state index in [-0.39, 0.29) is 23.1 Å². The van der Waals surface area contributed by atoms with Crippen molar-refractivity contribution in [1.29, 1.82) is 0 Å². The quantitative estimate of drug-likeness (QED) is 0.631. The van der Waals surface area contributed by atoms with Crippen molar-refractivity contribution in [2.75, 3.05) is 20.3 Å². The van der Waals surface area contributed by atoms with Gasteiger partial charge >= 0.3 is 0 Å². The molecule has 3 N–H and O–H groups in total. The SMILES string of the molecule is CCOc1ccc(Cc2cc(C3CC(O)CC(CO)O3)c(OC)c(O)c2Cl)cc1. The normalized spacial score (nSPS) is 21.8. The van der Waals surface area contributed by atoms with Gasteiger partial charge in [0, 0.05) is 18.4 Å². The summed E-state index contributed by atoms with van der Waals surface area (Å²) >= 11 is 6.42. The first-order valence-electron chi connectivity index (χ1n) is 9.71. The van der Waals surface area contributed by atoms with Crippen molar-refractivity contribution in [3.63, 3.8) is 0 Å². The van der Waals surface area contributed by atoms with Crippen molar-refractivity contribution in [3.8, 4) is 17.2 Å².